The number of fused-ring (bicyclic) bond motifs is 1. The largest absolute Gasteiger partial charge is 0.507 e. The van der Waals surface area contributed by atoms with Crippen LogP contribution in [0.15, 0.2) is 39.5 Å². The van der Waals surface area contributed by atoms with E-state index in [4.69, 9.17) is 28.1 Å². The summed E-state index contributed by atoms with van der Waals surface area (Å²) >= 11 is 0. The summed E-state index contributed by atoms with van der Waals surface area (Å²) in [4.78, 5) is 12.9. The van der Waals surface area contributed by atoms with Crippen LogP contribution >= 0.6 is 0 Å². The van der Waals surface area contributed by atoms with Crippen LogP contribution in [0.2, 0.25) is 0 Å². The van der Waals surface area contributed by atoms with Crippen molar-refractivity contribution in [2.45, 2.75) is 68.3 Å². The number of aromatic hydroxyl groups is 3. The molecule has 240 valence electrons. The molecule has 3 heterocycles. The summed E-state index contributed by atoms with van der Waals surface area (Å²) in [5.41, 5.74) is -1.17. The Kier molecular flexibility index (Phi) is 8.90. The maximum absolute atomic E-state index is 12.9. The summed E-state index contributed by atoms with van der Waals surface area (Å²) in [6, 6.07) is 6.08. The molecule has 9 N–H and O–H groups in total. The van der Waals surface area contributed by atoms with Gasteiger partial charge in [-0.3, -0.25) is 4.79 Å². The number of ether oxygens (including phenoxy) is 5. The Hall–Kier alpha value is -3.71. The Labute approximate surface area is 248 Å². The van der Waals surface area contributed by atoms with Crippen molar-refractivity contribution in [1.82, 2.24) is 0 Å². The minimum atomic E-state index is -1.82. The molecule has 0 amide bonds. The van der Waals surface area contributed by atoms with Crippen LogP contribution in [0.5, 0.6) is 28.7 Å². The minimum absolute atomic E-state index is 0.0973. The highest BCUT2D eigenvalue weighted by Crippen LogP contribution is 2.39. The van der Waals surface area contributed by atoms with Gasteiger partial charge in [-0.05, 0) is 25.1 Å². The molecule has 2 fully saturated rings. The third-order valence-corrected chi connectivity index (χ3v) is 7.52. The summed E-state index contributed by atoms with van der Waals surface area (Å²) in [6.07, 6.45) is -15.3. The normalized spacial score (nSPS) is 32.5. The highest BCUT2D eigenvalue weighted by molar-refractivity contribution is 5.88. The van der Waals surface area contributed by atoms with E-state index in [2.05, 4.69) is 0 Å². The number of aliphatic hydroxyl groups is 6. The maximum atomic E-state index is 12.9. The fraction of sp³-hybridized carbons (Fsp3) is 0.464. The molecule has 44 heavy (non-hydrogen) atoms. The number of hydrogen-bond acceptors (Lipinski definition) is 16. The average Bonchev–Trinajstić information content (AvgIpc) is 2.99. The first-order valence-electron chi connectivity index (χ1n) is 13.4. The van der Waals surface area contributed by atoms with Crippen LogP contribution in [0.3, 0.4) is 0 Å². The topological polar surface area (TPSA) is 258 Å². The van der Waals surface area contributed by atoms with E-state index in [0.29, 0.717) is 0 Å². The predicted molar refractivity (Wildman–Crippen MR) is 145 cm³/mol. The Morgan fingerprint density at radius 2 is 1.48 bits per heavy atom. The van der Waals surface area contributed by atoms with Gasteiger partial charge in [-0.25, -0.2) is 0 Å². The minimum Gasteiger partial charge on any atom is -0.507 e. The summed E-state index contributed by atoms with van der Waals surface area (Å²) in [7, 11) is 1.34. The third-order valence-electron chi connectivity index (χ3n) is 7.52. The smallest absolute Gasteiger partial charge is 0.238 e. The van der Waals surface area contributed by atoms with Gasteiger partial charge in [0, 0.05) is 17.7 Å². The molecule has 16 nitrogen and oxygen atoms in total. The first-order valence-corrected chi connectivity index (χ1v) is 13.4. The highest BCUT2D eigenvalue weighted by Gasteiger charge is 2.47. The van der Waals surface area contributed by atoms with E-state index >= 15 is 0 Å². The van der Waals surface area contributed by atoms with Crippen molar-refractivity contribution in [1.29, 1.82) is 0 Å². The first-order chi connectivity index (χ1) is 20.8. The molecule has 0 saturated carbocycles. The van der Waals surface area contributed by atoms with Gasteiger partial charge < -0.3 is 74.1 Å². The number of benzene rings is 2. The number of rotatable bonds is 7. The Morgan fingerprint density at radius 1 is 0.795 bits per heavy atom. The molecule has 0 radical (unpaired) electrons. The van der Waals surface area contributed by atoms with E-state index in [1.807, 2.05) is 0 Å². The Morgan fingerprint density at radius 3 is 2.16 bits per heavy atom. The molecule has 1 aromatic heterocycles. The van der Waals surface area contributed by atoms with Gasteiger partial charge in [0.25, 0.3) is 0 Å². The van der Waals surface area contributed by atoms with Crippen LogP contribution in [-0.4, -0.2) is 121 Å². The molecule has 2 aliphatic rings. The van der Waals surface area contributed by atoms with Crippen molar-refractivity contribution in [2.75, 3.05) is 13.7 Å². The van der Waals surface area contributed by atoms with Gasteiger partial charge in [-0.1, -0.05) is 0 Å². The third kappa shape index (κ3) is 5.74. The molecule has 16 heteroatoms. The van der Waals surface area contributed by atoms with Gasteiger partial charge in [0.05, 0.1) is 19.8 Å². The number of phenolic OH excluding ortho intramolecular Hbond substituents is 2. The average molecular weight is 625 g/mol. The second kappa shape index (κ2) is 12.4. The van der Waals surface area contributed by atoms with Gasteiger partial charge in [-0.2, -0.15) is 0 Å². The Bertz CT molecular complexity index is 1560. The monoisotopic (exact) mass is 624 g/mol. The molecule has 2 saturated heterocycles. The first kappa shape index (κ1) is 31.7. The number of hydrogen-bond donors (Lipinski definition) is 9. The molecule has 0 bridgehead atoms. The molecular formula is C28H32O16. The zero-order chi connectivity index (χ0) is 32.0. The molecule has 3 aromatic rings. The second-order valence-electron chi connectivity index (χ2n) is 10.5. The quantitative estimate of drug-likeness (QED) is 0.147. The van der Waals surface area contributed by atoms with E-state index in [1.54, 1.807) is 0 Å². The fourth-order valence-corrected chi connectivity index (χ4v) is 4.99. The molecule has 2 aliphatic heterocycles. The van der Waals surface area contributed by atoms with Crippen LogP contribution in [0.1, 0.15) is 6.92 Å². The molecule has 2 aromatic carbocycles. The molecular weight excluding hydrogens is 592 g/mol. The number of aliphatic hydroxyl groups excluding tert-OH is 6. The van der Waals surface area contributed by atoms with Crippen molar-refractivity contribution >= 4 is 11.0 Å². The van der Waals surface area contributed by atoms with Gasteiger partial charge in [0.2, 0.25) is 17.5 Å². The van der Waals surface area contributed by atoms with Crippen LogP contribution < -0.4 is 14.9 Å². The molecule has 10 atom stereocenters. The van der Waals surface area contributed by atoms with Crippen LogP contribution in [-0.2, 0) is 14.2 Å². The lowest BCUT2D eigenvalue weighted by Gasteiger charge is -2.42. The van der Waals surface area contributed by atoms with Crippen LogP contribution in [0, 0.1) is 0 Å². The lowest BCUT2D eigenvalue weighted by molar-refractivity contribution is -0.318. The number of phenols is 2. The standard InChI is InChI=1S/C28H32O16/c1-9-18(31)21(34)24(37)27(41-9)40-8-16-19(32)22(35)25(38)28(44-16)42-11-6-13(30)17-15(7-11)43-26(23(36)20(17)33)10-3-4-14(39-2)12(29)5-10/h3-7,9,16,18-19,21-22,24-25,27-32,34-38H,8H2,1-2H3/t9?,16?,18-,19+,21-,22-,24?,25?,27+,28+/m0/s1. The van der Waals surface area contributed by atoms with E-state index in [0.717, 1.165) is 12.1 Å². The summed E-state index contributed by atoms with van der Waals surface area (Å²) in [5, 5.41) is 92.3. The van der Waals surface area contributed by atoms with Crippen molar-refractivity contribution in [2.24, 2.45) is 0 Å². The van der Waals surface area contributed by atoms with Gasteiger partial charge >= 0.3 is 0 Å². The predicted octanol–water partition coefficient (Wildman–Crippen LogP) is -1.38. The van der Waals surface area contributed by atoms with E-state index in [1.165, 1.54) is 32.2 Å². The van der Waals surface area contributed by atoms with E-state index in [9.17, 15) is 50.8 Å². The Balaban J connectivity index is 1.39. The van der Waals surface area contributed by atoms with E-state index < -0.39 is 90.3 Å². The van der Waals surface area contributed by atoms with Crippen LogP contribution in [0.25, 0.3) is 22.3 Å². The molecule has 0 aliphatic carbocycles. The zero-order valence-electron chi connectivity index (χ0n) is 23.3. The zero-order valence-corrected chi connectivity index (χ0v) is 23.3. The van der Waals surface area contributed by atoms with E-state index in [-0.39, 0.29) is 34.2 Å². The lowest BCUT2D eigenvalue weighted by atomic mass is 9.98. The lowest BCUT2D eigenvalue weighted by Crippen LogP contribution is -2.61. The summed E-state index contributed by atoms with van der Waals surface area (Å²) in [5.74, 6) is -2.27. The van der Waals surface area contributed by atoms with Crippen molar-refractivity contribution in [3.05, 3.63) is 40.6 Å². The van der Waals surface area contributed by atoms with Gasteiger partial charge in [-0.15, -0.1) is 0 Å². The van der Waals surface area contributed by atoms with Crippen molar-refractivity contribution < 1.29 is 74.1 Å². The van der Waals surface area contributed by atoms with Gasteiger partial charge in [0.1, 0.15) is 65.2 Å². The van der Waals surface area contributed by atoms with Crippen molar-refractivity contribution in [3.8, 4) is 40.1 Å². The maximum Gasteiger partial charge on any atom is 0.238 e. The SMILES string of the molecule is COc1ccc(-c2oc3cc(O[C@@H]4OC(CO[C@@H]5OC(C)[C@H](O)[C@H](O)C5O)[C@@H](O)[C@H](O)C4O)cc(O)c3c(=O)c2O)cc1O. The van der Waals surface area contributed by atoms with Crippen LogP contribution in [0.4, 0.5) is 0 Å². The highest BCUT2D eigenvalue weighted by atomic mass is 16.7. The van der Waals surface area contributed by atoms with Crippen molar-refractivity contribution in [3.63, 3.8) is 0 Å². The summed E-state index contributed by atoms with van der Waals surface area (Å²) in [6.45, 7) is 0.912. The fourth-order valence-electron chi connectivity index (χ4n) is 4.99. The van der Waals surface area contributed by atoms with Gasteiger partial charge in [0.15, 0.2) is 23.5 Å². The number of methoxy groups -OCH3 is 1. The molecule has 5 rings (SSSR count). The second-order valence-corrected chi connectivity index (χ2v) is 10.5. The molecule has 0 spiro atoms. The molecule has 4 unspecified atom stereocenters. The summed E-state index contributed by atoms with van der Waals surface area (Å²) < 4.78 is 32.7.